The molecule has 2 saturated heterocycles. The van der Waals surface area contributed by atoms with Gasteiger partial charge in [0.15, 0.2) is 12.2 Å². The third-order valence-electron chi connectivity index (χ3n) is 7.06. The number of carbonyl (C=O) groups is 5. The minimum absolute atomic E-state index is 0.120. The van der Waals surface area contributed by atoms with Gasteiger partial charge in [0.1, 0.15) is 30.0 Å². The molecule has 0 saturated carbocycles. The molecule has 0 radical (unpaired) electrons. The van der Waals surface area contributed by atoms with Crippen LogP contribution in [0.15, 0.2) is 42.5 Å². The summed E-state index contributed by atoms with van der Waals surface area (Å²) in [4.78, 5) is 61.2. The summed E-state index contributed by atoms with van der Waals surface area (Å²) in [6.45, 7) is 4.12. The van der Waals surface area contributed by atoms with Crippen LogP contribution in [0.3, 0.4) is 0 Å². The van der Waals surface area contributed by atoms with E-state index in [1.165, 1.54) is 32.2 Å². The summed E-state index contributed by atoms with van der Waals surface area (Å²) in [6, 6.07) is 11.3. The van der Waals surface area contributed by atoms with Gasteiger partial charge in [-0.15, -0.1) is 0 Å². The molecule has 14 nitrogen and oxygen atoms in total. The van der Waals surface area contributed by atoms with E-state index in [-0.39, 0.29) is 22.8 Å². The second-order valence-electron chi connectivity index (χ2n) is 10.2. The van der Waals surface area contributed by atoms with Crippen LogP contribution in [0.4, 0.5) is 0 Å². The van der Waals surface area contributed by atoms with Crippen LogP contribution < -0.4 is 14.2 Å². The smallest absolute Gasteiger partial charge is 0.303 e. The summed E-state index contributed by atoms with van der Waals surface area (Å²) < 4.78 is 50.2. The number of fused-ring (bicyclic) bond motifs is 2. The van der Waals surface area contributed by atoms with Gasteiger partial charge in [-0.1, -0.05) is 12.1 Å². The zero-order valence-corrected chi connectivity index (χ0v) is 24.4. The quantitative estimate of drug-likeness (QED) is 0.228. The Balaban J connectivity index is 1.43. The number of ketones is 1. The van der Waals surface area contributed by atoms with Crippen molar-refractivity contribution in [1.29, 1.82) is 0 Å². The van der Waals surface area contributed by atoms with Gasteiger partial charge < -0.3 is 42.6 Å². The van der Waals surface area contributed by atoms with Crippen molar-refractivity contribution in [2.45, 2.75) is 70.3 Å². The number of ether oxygens (including phenoxy) is 9. The first-order chi connectivity index (χ1) is 20.9. The largest absolute Gasteiger partial charge is 0.497 e. The summed E-state index contributed by atoms with van der Waals surface area (Å²) in [5.74, 6) is -2.35. The zero-order valence-electron chi connectivity index (χ0n) is 24.4. The van der Waals surface area contributed by atoms with E-state index in [9.17, 15) is 24.0 Å². The van der Waals surface area contributed by atoms with Crippen molar-refractivity contribution in [2.24, 2.45) is 0 Å². The highest BCUT2D eigenvalue weighted by atomic mass is 16.8. The molecule has 7 atom stereocenters. The van der Waals surface area contributed by atoms with Crippen molar-refractivity contribution in [2.75, 3.05) is 13.7 Å². The molecule has 2 aromatic rings. The number of methoxy groups -OCH3 is 1. The molecule has 0 N–H and O–H groups in total. The Morgan fingerprint density at radius 3 is 2.02 bits per heavy atom. The van der Waals surface area contributed by atoms with Crippen molar-refractivity contribution in [3.63, 3.8) is 0 Å². The highest BCUT2D eigenvalue weighted by molar-refractivity contribution is 6.08. The van der Waals surface area contributed by atoms with E-state index < -0.39 is 73.1 Å². The van der Waals surface area contributed by atoms with E-state index in [1.807, 2.05) is 0 Å². The van der Waals surface area contributed by atoms with Gasteiger partial charge in [-0.25, -0.2) is 0 Å². The molecule has 3 aliphatic heterocycles. The fourth-order valence-corrected chi connectivity index (χ4v) is 5.17. The lowest BCUT2D eigenvalue weighted by Gasteiger charge is -2.43. The number of hydrogen-bond donors (Lipinski definition) is 0. The first-order valence-electron chi connectivity index (χ1n) is 13.6. The van der Waals surface area contributed by atoms with E-state index in [0.29, 0.717) is 11.3 Å². The van der Waals surface area contributed by atoms with Gasteiger partial charge in [0.25, 0.3) is 0 Å². The molecule has 5 rings (SSSR count). The first-order valence-corrected chi connectivity index (χ1v) is 13.6. The summed E-state index contributed by atoms with van der Waals surface area (Å²) in [5.41, 5.74) is -0.443. The van der Waals surface area contributed by atoms with Gasteiger partial charge in [0, 0.05) is 33.8 Å². The molecule has 44 heavy (non-hydrogen) atoms. The SMILES string of the molecule is COc1ccc([C@@]23O[C@@H]2Oc2cc(O[C@@H]4O[C@H](COC(C)=O)[C@@H](OC(C)=O)[C@H](OC(C)=O)[C@H]4OC(C)=O)ccc2C3=O)cc1. The number of carbonyl (C=O) groups excluding carboxylic acids is 5. The topological polar surface area (TPSA) is 172 Å². The third kappa shape index (κ3) is 6.03. The molecule has 0 spiro atoms. The second kappa shape index (κ2) is 12.1. The van der Waals surface area contributed by atoms with Crippen LogP contribution in [0, 0.1) is 0 Å². The van der Waals surface area contributed by atoms with Crippen molar-refractivity contribution >= 4 is 29.7 Å². The molecule has 2 fully saturated rings. The van der Waals surface area contributed by atoms with Crippen LogP contribution >= 0.6 is 0 Å². The van der Waals surface area contributed by atoms with Crippen LogP contribution in [0.1, 0.15) is 43.6 Å². The lowest BCUT2D eigenvalue weighted by molar-refractivity contribution is -0.288. The third-order valence-corrected chi connectivity index (χ3v) is 7.06. The Kier molecular flexibility index (Phi) is 8.48. The normalized spacial score (nSPS) is 28.2. The minimum Gasteiger partial charge on any atom is -0.497 e. The van der Waals surface area contributed by atoms with E-state index in [1.54, 1.807) is 24.3 Å². The monoisotopic (exact) mass is 614 g/mol. The predicted octanol–water partition coefficient (Wildman–Crippen LogP) is 1.98. The van der Waals surface area contributed by atoms with E-state index in [0.717, 1.165) is 20.8 Å². The fraction of sp³-hybridized carbons (Fsp3) is 0.433. The van der Waals surface area contributed by atoms with E-state index in [4.69, 9.17) is 42.6 Å². The van der Waals surface area contributed by atoms with Crippen molar-refractivity contribution in [1.82, 2.24) is 0 Å². The number of hydrogen-bond acceptors (Lipinski definition) is 14. The molecule has 14 heteroatoms. The average Bonchev–Trinajstić information content (AvgIpc) is 3.70. The van der Waals surface area contributed by atoms with Gasteiger partial charge in [-0.2, -0.15) is 0 Å². The highest BCUT2D eigenvalue weighted by Crippen LogP contribution is 2.54. The Bertz CT molecular complexity index is 1470. The van der Waals surface area contributed by atoms with Gasteiger partial charge >= 0.3 is 23.9 Å². The predicted molar refractivity (Wildman–Crippen MR) is 144 cm³/mol. The molecule has 3 aliphatic rings. The van der Waals surface area contributed by atoms with E-state index in [2.05, 4.69) is 0 Å². The number of Topliss-reactive ketones (excluding diaryl/α,β-unsaturated/α-hetero) is 1. The summed E-state index contributed by atoms with van der Waals surface area (Å²) in [5, 5.41) is 0. The van der Waals surface area contributed by atoms with Gasteiger partial charge in [-0.3, -0.25) is 24.0 Å². The fourth-order valence-electron chi connectivity index (χ4n) is 5.17. The van der Waals surface area contributed by atoms with Gasteiger partial charge in [0.2, 0.25) is 30.1 Å². The molecule has 0 bridgehead atoms. The average molecular weight is 615 g/mol. The van der Waals surface area contributed by atoms with Crippen molar-refractivity contribution in [3.05, 3.63) is 53.6 Å². The van der Waals surface area contributed by atoms with Gasteiger partial charge in [-0.05, 0) is 29.8 Å². The lowest BCUT2D eigenvalue weighted by atomic mass is 9.88. The summed E-state index contributed by atoms with van der Waals surface area (Å²) >= 11 is 0. The Labute approximate surface area is 251 Å². The molecule has 0 amide bonds. The minimum atomic E-state index is -1.46. The van der Waals surface area contributed by atoms with Crippen LogP contribution in [-0.2, 0) is 53.2 Å². The Morgan fingerprint density at radius 1 is 0.795 bits per heavy atom. The molecule has 3 heterocycles. The molecular formula is C30H30O14. The molecule has 0 aromatic heterocycles. The zero-order chi connectivity index (χ0) is 31.8. The maximum Gasteiger partial charge on any atom is 0.303 e. The Morgan fingerprint density at radius 2 is 1.41 bits per heavy atom. The number of esters is 4. The molecule has 2 aromatic carbocycles. The highest BCUT2D eigenvalue weighted by Gasteiger charge is 2.69. The summed E-state index contributed by atoms with van der Waals surface area (Å²) in [7, 11) is 1.54. The molecule has 234 valence electrons. The maximum absolute atomic E-state index is 13.6. The lowest BCUT2D eigenvalue weighted by Crippen LogP contribution is -2.63. The second-order valence-corrected chi connectivity index (χ2v) is 10.2. The molecule has 0 unspecified atom stereocenters. The van der Waals surface area contributed by atoms with Crippen LogP contribution in [0.25, 0.3) is 0 Å². The number of rotatable bonds is 9. The molecular weight excluding hydrogens is 584 g/mol. The van der Waals surface area contributed by atoms with Gasteiger partial charge in [0.05, 0.1) is 12.7 Å². The standard InChI is InChI=1S/C30H30O14/c1-14(31)37-13-23-24(38-15(2)32)25(39-16(3)33)26(40-17(4)34)28(42-23)41-20-10-11-21-22(12-20)43-29-30(44-29,27(21)35)18-6-8-19(36-5)9-7-18/h6-12,23-26,28-29H,13H2,1-5H3/t23-,24-,25+,26-,28-,29+,30+/m1/s1. The maximum atomic E-state index is 13.6. The summed E-state index contributed by atoms with van der Waals surface area (Å²) in [6.07, 6.45) is -7.69. The number of benzene rings is 2. The van der Waals surface area contributed by atoms with E-state index >= 15 is 0 Å². The van der Waals surface area contributed by atoms with Crippen molar-refractivity contribution in [3.8, 4) is 17.2 Å². The van der Waals surface area contributed by atoms with Crippen LogP contribution in [0.2, 0.25) is 0 Å². The Hall–Kier alpha value is -4.69. The number of epoxide rings is 1. The van der Waals surface area contributed by atoms with Crippen molar-refractivity contribution < 1.29 is 66.6 Å². The van der Waals surface area contributed by atoms with Crippen LogP contribution in [-0.4, -0.2) is 80.4 Å². The first kappa shape index (κ1) is 30.8. The van der Waals surface area contributed by atoms with Crippen LogP contribution in [0.5, 0.6) is 17.2 Å². The molecule has 0 aliphatic carbocycles.